The second-order valence-corrected chi connectivity index (χ2v) is 5.52. The zero-order valence-electron chi connectivity index (χ0n) is 12.1. The Morgan fingerprint density at radius 3 is 2.27 bits per heavy atom. The standard InChI is InChI=1S/C14H16ClF3N2O2/c1-14(2,7-15)13(22)20-6-5-19-12(21)8-3-4-9(16)11(18)10(8)17/h3-4H,5-7H2,1-2H3,(H,19,21)(H,20,22). The van der Waals surface area contributed by atoms with E-state index in [1.54, 1.807) is 13.8 Å². The number of carbonyl (C=O) groups excluding carboxylic acids is 2. The van der Waals surface area contributed by atoms with E-state index in [0.717, 1.165) is 6.07 Å². The summed E-state index contributed by atoms with van der Waals surface area (Å²) in [7, 11) is 0. The van der Waals surface area contributed by atoms with Crippen LogP contribution in [0.5, 0.6) is 0 Å². The van der Waals surface area contributed by atoms with Crippen molar-refractivity contribution in [3.05, 3.63) is 35.1 Å². The van der Waals surface area contributed by atoms with Gasteiger partial charge in [-0.15, -0.1) is 11.6 Å². The van der Waals surface area contributed by atoms with Crippen LogP contribution in [0.3, 0.4) is 0 Å². The van der Waals surface area contributed by atoms with E-state index in [2.05, 4.69) is 10.6 Å². The Hall–Kier alpha value is -1.76. The molecule has 0 aromatic heterocycles. The van der Waals surface area contributed by atoms with Gasteiger partial charge in [0.15, 0.2) is 17.5 Å². The van der Waals surface area contributed by atoms with Crippen LogP contribution in [-0.4, -0.2) is 30.8 Å². The van der Waals surface area contributed by atoms with Crippen LogP contribution in [0.2, 0.25) is 0 Å². The van der Waals surface area contributed by atoms with E-state index in [1.807, 2.05) is 0 Å². The number of alkyl halides is 1. The number of rotatable bonds is 6. The van der Waals surface area contributed by atoms with Crippen molar-refractivity contribution in [2.75, 3.05) is 19.0 Å². The normalized spacial score (nSPS) is 11.2. The van der Waals surface area contributed by atoms with Gasteiger partial charge in [0.05, 0.1) is 11.0 Å². The first-order valence-corrected chi connectivity index (χ1v) is 7.00. The van der Waals surface area contributed by atoms with Crippen LogP contribution in [-0.2, 0) is 4.79 Å². The maximum Gasteiger partial charge on any atom is 0.254 e. The Balaban J connectivity index is 2.51. The number of carbonyl (C=O) groups is 2. The van der Waals surface area contributed by atoms with Gasteiger partial charge in [0.1, 0.15) is 0 Å². The smallest absolute Gasteiger partial charge is 0.254 e. The van der Waals surface area contributed by atoms with Gasteiger partial charge in [-0.3, -0.25) is 9.59 Å². The summed E-state index contributed by atoms with van der Waals surface area (Å²) in [6.07, 6.45) is 0. The molecule has 2 amide bonds. The van der Waals surface area contributed by atoms with Crippen LogP contribution < -0.4 is 10.6 Å². The number of hydrogen-bond donors (Lipinski definition) is 2. The van der Waals surface area contributed by atoms with Crippen LogP contribution in [0, 0.1) is 22.9 Å². The summed E-state index contributed by atoms with van der Waals surface area (Å²) in [4.78, 5) is 23.3. The SMILES string of the molecule is CC(C)(CCl)C(=O)NCCNC(=O)c1ccc(F)c(F)c1F. The number of hydrogen-bond acceptors (Lipinski definition) is 2. The highest BCUT2D eigenvalue weighted by Gasteiger charge is 2.26. The van der Waals surface area contributed by atoms with Crippen LogP contribution in [0.1, 0.15) is 24.2 Å². The lowest BCUT2D eigenvalue weighted by atomic mass is 9.95. The maximum absolute atomic E-state index is 13.4. The lowest BCUT2D eigenvalue weighted by Gasteiger charge is -2.20. The molecule has 0 saturated heterocycles. The fourth-order valence-electron chi connectivity index (χ4n) is 1.45. The third-order valence-electron chi connectivity index (χ3n) is 2.92. The number of benzene rings is 1. The molecule has 1 aromatic carbocycles. The Kier molecular flexibility index (Phi) is 6.22. The Morgan fingerprint density at radius 1 is 1.09 bits per heavy atom. The average molecular weight is 337 g/mol. The molecule has 0 heterocycles. The van der Waals surface area contributed by atoms with Crippen molar-refractivity contribution in [2.45, 2.75) is 13.8 Å². The number of nitrogens with one attached hydrogen (secondary N) is 2. The molecule has 22 heavy (non-hydrogen) atoms. The summed E-state index contributed by atoms with van der Waals surface area (Å²) in [5, 5.41) is 4.85. The van der Waals surface area contributed by atoms with Gasteiger partial charge in [0.2, 0.25) is 5.91 Å². The Bertz CT molecular complexity index is 579. The third-order valence-corrected chi connectivity index (χ3v) is 3.59. The number of halogens is 4. The van der Waals surface area contributed by atoms with Crippen LogP contribution in [0.4, 0.5) is 13.2 Å². The van der Waals surface area contributed by atoms with Crippen molar-refractivity contribution in [1.82, 2.24) is 10.6 Å². The molecule has 0 aliphatic rings. The molecule has 0 atom stereocenters. The van der Waals surface area contributed by atoms with Gasteiger partial charge in [-0.2, -0.15) is 0 Å². The van der Waals surface area contributed by atoms with Crippen molar-refractivity contribution in [2.24, 2.45) is 5.41 Å². The molecule has 1 aromatic rings. The minimum Gasteiger partial charge on any atom is -0.354 e. The van der Waals surface area contributed by atoms with Crippen LogP contribution >= 0.6 is 11.6 Å². The van der Waals surface area contributed by atoms with E-state index in [0.29, 0.717) is 6.07 Å². The van der Waals surface area contributed by atoms with Gasteiger partial charge in [0.25, 0.3) is 5.91 Å². The van der Waals surface area contributed by atoms with E-state index in [4.69, 9.17) is 11.6 Å². The molecule has 122 valence electrons. The summed E-state index contributed by atoms with van der Waals surface area (Å²) < 4.78 is 39.2. The fourth-order valence-corrected chi connectivity index (χ4v) is 1.57. The molecule has 0 fully saturated rings. The lowest BCUT2D eigenvalue weighted by molar-refractivity contribution is -0.128. The van der Waals surface area contributed by atoms with Crippen molar-refractivity contribution >= 4 is 23.4 Å². The van der Waals surface area contributed by atoms with Gasteiger partial charge >= 0.3 is 0 Å². The zero-order chi connectivity index (χ0) is 16.9. The third kappa shape index (κ3) is 4.37. The van der Waals surface area contributed by atoms with Crippen molar-refractivity contribution in [3.63, 3.8) is 0 Å². The largest absolute Gasteiger partial charge is 0.354 e. The Morgan fingerprint density at radius 2 is 1.68 bits per heavy atom. The van der Waals surface area contributed by atoms with Gasteiger partial charge < -0.3 is 10.6 Å². The van der Waals surface area contributed by atoms with E-state index in [-0.39, 0.29) is 24.9 Å². The molecule has 0 saturated carbocycles. The fraction of sp³-hybridized carbons (Fsp3) is 0.429. The first-order valence-electron chi connectivity index (χ1n) is 6.46. The second kappa shape index (κ2) is 7.49. The van der Waals surface area contributed by atoms with Crippen molar-refractivity contribution < 1.29 is 22.8 Å². The zero-order valence-corrected chi connectivity index (χ0v) is 12.9. The molecule has 0 aliphatic carbocycles. The highest BCUT2D eigenvalue weighted by atomic mass is 35.5. The minimum absolute atomic E-state index is 0.00136. The lowest BCUT2D eigenvalue weighted by Crippen LogP contribution is -2.42. The van der Waals surface area contributed by atoms with Gasteiger partial charge in [-0.05, 0) is 26.0 Å². The molecule has 0 radical (unpaired) electrons. The summed E-state index contributed by atoms with van der Waals surface area (Å²) in [5.74, 6) is -5.69. The molecule has 2 N–H and O–H groups in total. The predicted octanol–water partition coefficient (Wildman–Crippen LogP) is 2.21. The summed E-state index contributed by atoms with van der Waals surface area (Å²) >= 11 is 5.64. The maximum atomic E-state index is 13.4. The van der Waals surface area contributed by atoms with Gasteiger partial charge in [-0.1, -0.05) is 0 Å². The predicted molar refractivity (Wildman–Crippen MR) is 76.2 cm³/mol. The summed E-state index contributed by atoms with van der Waals surface area (Å²) in [6.45, 7) is 3.41. The quantitative estimate of drug-likeness (QED) is 0.475. The first-order chi connectivity index (χ1) is 10.2. The second-order valence-electron chi connectivity index (χ2n) is 5.25. The molecule has 1 rings (SSSR count). The van der Waals surface area contributed by atoms with Gasteiger partial charge in [0, 0.05) is 19.0 Å². The highest BCUT2D eigenvalue weighted by molar-refractivity contribution is 6.19. The first kappa shape index (κ1) is 18.3. The molecule has 0 bridgehead atoms. The topological polar surface area (TPSA) is 58.2 Å². The Labute approximate surface area is 131 Å². The van der Waals surface area contributed by atoms with E-state index in [9.17, 15) is 22.8 Å². The highest BCUT2D eigenvalue weighted by Crippen LogP contribution is 2.16. The van der Waals surface area contributed by atoms with Crippen LogP contribution in [0.25, 0.3) is 0 Å². The van der Waals surface area contributed by atoms with Crippen molar-refractivity contribution in [3.8, 4) is 0 Å². The molecular formula is C14H16ClF3N2O2. The summed E-state index contributed by atoms with van der Waals surface area (Å²) in [5.41, 5.74) is -1.36. The average Bonchev–Trinajstić information content (AvgIpc) is 2.48. The molecule has 4 nitrogen and oxygen atoms in total. The monoisotopic (exact) mass is 336 g/mol. The van der Waals surface area contributed by atoms with E-state index < -0.39 is 34.3 Å². The van der Waals surface area contributed by atoms with Crippen molar-refractivity contribution in [1.29, 1.82) is 0 Å². The summed E-state index contributed by atoms with van der Waals surface area (Å²) in [6, 6.07) is 1.51. The molecule has 0 aliphatic heterocycles. The molecule has 0 spiro atoms. The van der Waals surface area contributed by atoms with Gasteiger partial charge in [-0.25, -0.2) is 13.2 Å². The number of amides is 2. The molecule has 0 unspecified atom stereocenters. The minimum atomic E-state index is -1.70. The van der Waals surface area contributed by atoms with Crippen LogP contribution in [0.15, 0.2) is 12.1 Å². The van der Waals surface area contributed by atoms with E-state index in [1.165, 1.54) is 0 Å². The molecule has 8 heteroatoms. The van der Waals surface area contributed by atoms with E-state index >= 15 is 0 Å². The molecular weight excluding hydrogens is 321 g/mol.